The Balaban J connectivity index is 0.915. The smallest absolute Gasteiger partial charge is 0.0701 e. The molecular formula is C49H80N4O8. The molecule has 12 heteroatoms. The second-order valence-corrected chi connectivity index (χ2v) is 16.2. The summed E-state index contributed by atoms with van der Waals surface area (Å²) in [7, 11) is 0. The van der Waals surface area contributed by atoms with Crippen molar-refractivity contribution in [3.8, 4) is 0 Å². The van der Waals surface area contributed by atoms with Gasteiger partial charge in [0.15, 0.2) is 0 Å². The molecular weight excluding hydrogens is 773 g/mol. The molecule has 344 valence electrons. The monoisotopic (exact) mass is 853 g/mol. The Hall–Kier alpha value is -2.30. The van der Waals surface area contributed by atoms with Crippen molar-refractivity contribution < 1.29 is 37.9 Å². The molecule has 0 radical (unpaired) electrons. The Labute approximate surface area is 367 Å². The fraction of sp³-hybridized carbons (Fsp3) is 0.714. The molecule has 3 aromatic rings. The molecule has 0 atom stereocenters. The third kappa shape index (κ3) is 21.8. The molecule has 2 aliphatic rings. The minimum atomic E-state index is 0.609. The SMILES string of the molecule is c1ccc2c(CN3CCOCCOCCN(CCCCCCCCCCN4CCOCCOCCNCCOCCOCC4)CCOCCOCC3)c3ccccc3cc2c1. The van der Waals surface area contributed by atoms with Crippen LogP contribution in [0.4, 0.5) is 0 Å². The maximum Gasteiger partial charge on any atom is 0.0701 e. The number of nitrogens with one attached hydrogen (secondary N) is 1. The number of ether oxygens (including phenoxy) is 8. The topological polar surface area (TPSA) is 95.6 Å². The standard InChI is InChI=1S/C49H80N4O8/c1(3-5-11-19-51-21-29-56-37-35-54-27-17-50-18-28-55-36-38-57-30-22-51)2-4-6-12-20-52-23-31-58-39-41-60-33-25-53(26-34-61-42-40-59-32-24-52)44-49-47-15-9-7-13-45(47)43-46-14-8-10-16-48(46)49/h7-10,13-16,43,50H,1-6,11-12,17-42,44H2. The largest absolute Gasteiger partial charge is 0.378 e. The van der Waals surface area contributed by atoms with Gasteiger partial charge in [-0.25, -0.2) is 0 Å². The Kier molecular flexibility index (Phi) is 27.1. The molecule has 2 saturated heterocycles. The van der Waals surface area contributed by atoms with Gasteiger partial charge in [-0.3, -0.25) is 14.7 Å². The Morgan fingerprint density at radius 2 is 0.689 bits per heavy atom. The molecule has 0 aromatic heterocycles. The molecule has 2 heterocycles. The van der Waals surface area contributed by atoms with Crippen LogP contribution < -0.4 is 5.32 Å². The summed E-state index contributed by atoms with van der Waals surface area (Å²) in [4.78, 5) is 7.45. The lowest BCUT2D eigenvalue weighted by Gasteiger charge is -2.25. The van der Waals surface area contributed by atoms with E-state index in [0.29, 0.717) is 92.5 Å². The number of rotatable bonds is 13. The van der Waals surface area contributed by atoms with Gasteiger partial charge in [0, 0.05) is 58.9 Å². The molecule has 2 aliphatic heterocycles. The van der Waals surface area contributed by atoms with Gasteiger partial charge in [0.2, 0.25) is 0 Å². The number of hydrogen-bond acceptors (Lipinski definition) is 12. The Morgan fingerprint density at radius 1 is 0.361 bits per heavy atom. The number of fused-ring (bicyclic) bond motifs is 2. The van der Waals surface area contributed by atoms with Gasteiger partial charge in [-0.15, -0.1) is 0 Å². The molecule has 61 heavy (non-hydrogen) atoms. The summed E-state index contributed by atoms with van der Waals surface area (Å²) < 4.78 is 47.3. The second-order valence-electron chi connectivity index (χ2n) is 16.2. The van der Waals surface area contributed by atoms with E-state index in [1.165, 1.54) is 78.5 Å². The minimum absolute atomic E-state index is 0.609. The van der Waals surface area contributed by atoms with Crippen molar-refractivity contribution in [2.75, 3.05) is 171 Å². The van der Waals surface area contributed by atoms with E-state index in [0.717, 1.165) is 85.2 Å². The van der Waals surface area contributed by atoms with Crippen molar-refractivity contribution in [2.24, 2.45) is 0 Å². The van der Waals surface area contributed by atoms with Crippen LogP contribution in [0.25, 0.3) is 21.5 Å². The summed E-state index contributed by atoms with van der Waals surface area (Å²) in [6.07, 6.45) is 10.2. The van der Waals surface area contributed by atoms with E-state index >= 15 is 0 Å². The molecule has 0 spiro atoms. The first-order chi connectivity index (χ1) is 30.4. The zero-order valence-electron chi connectivity index (χ0n) is 37.6. The van der Waals surface area contributed by atoms with Crippen molar-refractivity contribution in [3.05, 3.63) is 60.2 Å². The maximum atomic E-state index is 6.09. The molecule has 0 unspecified atom stereocenters. The summed E-state index contributed by atoms with van der Waals surface area (Å²) in [5.41, 5.74) is 1.37. The van der Waals surface area contributed by atoms with Crippen LogP contribution in [0.2, 0.25) is 0 Å². The molecule has 0 saturated carbocycles. The van der Waals surface area contributed by atoms with Crippen LogP contribution >= 0.6 is 0 Å². The first-order valence-corrected chi connectivity index (χ1v) is 23.8. The summed E-state index contributed by atoms with van der Waals surface area (Å²) in [5.74, 6) is 0. The quantitative estimate of drug-likeness (QED) is 0.155. The summed E-state index contributed by atoms with van der Waals surface area (Å²) >= 11 is 0. The van der Waals surface area contributed by atoms with Crippen molar-refractivity contribution in [2.45, 2.75) is 57.9 Å². The molecule has 5 rings (SSSR count). The van der Waals surface area contributed by atoms with Crippen LogP contribution in [-0.4, -0.2) is 186 Å². The molecule has 0 bridgehead atoms. The predicted octanol–water partition coefficient (Wildman–Crippen LogP) is 6.27. The second kappa shape index (κ2) is 33.2. The number of nitrogens with zero attached hydrogens (tertiary/aromatic N) is 3. The normalized spacial score (nSPS) is 20.5. The van der Waals surface area contributed by atoms with Crippen molar-refractivity contribution in [3.63, 3.8) is 0 Å². The van der Waals surface area contributed by atoms with Gasteiger partial charge < -0.3 is 43.2 Å². The third-order valence-corrected chi connectivity index (χ3v) is 11.6. The Morgan fingerprint density at radius 3 is 1.08 bits per heavy atom. The van der Waals surface area contributed by atoms with E-state index in [1.54, 1.807) is 0 Å². The van der Waals surface area contributed by atoms with Gasteiger partial charge in [-0.1, -0.05) is 87.1 Å². The summed E-state index contributed by atoms with van der Waals surface area (Å²) in [6, 6.07) is 19.8. The molecule has 0 aliphatic carbocycles. The van der Waals surface area contributed by atoms with Crippen molar-refractivity contribution >= 4 is 21.5 Å². The highest BCUT2D eigenvalue weighted by atomic mass is 16.5. The van der Waals surface area contributed by atoms with Crippen LogP contribution in [-0.2, 0) is 44.4 Å². The third-order valence-electron chi connectivity index (χ3n) is 11.6. The molecule has 12 nitrogen and oxygen atoms in total. The van der Waals surface area contributed by atoms with E-state index in [2.05, 4.69) is 74.6 Å². The predicted molar refractivity (Wildman–Crippen MR) is 246 cm³/mol. The molecule has 3 aromatic carbocycles. The van der Waals surface area contributed by atoms with E-state index in [9.17, 15) is 0 Å². The van der Waals surface area contributed by atoms with E-state index in [-0.39, 0.29) is 0 Å². The fourth-order valence-electron chi connectivity index (χ4n) is 8.04. The highest BCUT2D eigenvalue weighted by Crippen LogP contribution is 2.29. The van der Waals surface area contributed by atoms with Gasteiger partial charge in [0.25, 0.3) is 0 Å². The van der Waals surface area contributed by atoms with Crippen LogP contribution in [0.5, 0.6) is 0 Å². The maximum absolute atomic E-state index is 6.09. The fourth-order valence-corrected chi connectivity index (χ4v) is 8.04. The molecule has 2 fully saturated rings. The number of hydrogen-bond donors (Lipinski definition) is 1. The first kappa shape index (κ1) is 49.7. The van der Waals surface area contributed by atoms with Gasteiger partial charge >= 0.3 is 0 Å². The van der Waals surface area contributed by atoms with Gasteiger partial charge in [-0.05, 0) is 59.1 Å². The minimum Gasteiger partial charge on any atom is -0.378 e. The lowest BCUT2D eigenvalue weighted by atomic mass is 9.96. The zero-order valence-corrected chi connectivity index (χ0v) is 37.6. The number of benzene rings is 3. The van der Waals surface area contributed by atoms with E-state index in [4.69, 9.17) is 37.9 Å². The van der Waals surface area contributed by atoms with Gasteiger partial charge in [-0.2, -0.15) is 0 Å². The lowest BCUT2D eigenvalue weighted by molar-refractivity contribution is 0.00708. The van der Waals surface area contributed by atoms with Crippen LogP contribution in [0.1, 0.15) is 56.9 Å². The zero-order chi connectivity index (χ0) is 42.1. The van der Waals surface area contributed by atoms with Crippen LogP contribution in [0.15, 0.2) is 54.6 Å². The van der Waals surface area contributed by atoms with Crippen molar-refractivity contribution in [1.29, 1.82) is 0 Å². The van der Waals surface area contributed by atoms with Gasteiger partial charge in [0.05, 0.1) is 106 Å². The first-order valence-electron chi connectivity index (χ1n) is 23.8. The van der Waals surface area contributed by atoms with Crippen molar-refractivity contribution in [1.82, 2.24) is 20.0 Å². The average Bonchev–Trinajstić information content (AvgIpc) is 3.28. The Bertz CT molecular complexity index is 1430. The molecule has 1 N–H and O–H groups in total. The van der Waals surface area contributed by atoms with E-state index < -0.39 is 0 Å². The average molecular weight is 853 g/mol. The highest BCUT2D eigenvalue weighted by molar-refractivity contribution is 6.02. The van der Waals surface area contributed by atoms with Crippen LogP contribution in [0.3, 0.4) is 0 Å². The highest BCUT2D eigenvalue weighted by Gasteiger charge is 2.14. The van der Waals surface area contributed by atoms with Gasteiger partial charge in [0.1, 0.15) is 0 Å². The lowest BCUT2D eigenvalue weighted by Crippen LogP contribution is -2.33. The molecule has 0 amide bonds. The summed E-state index contributed by atoms with van der Waals surface area (Å²) in [6.45, 7) is 20.7. The number of unbranched alkanes of at least 4 members (excludes halogenated alkanes) is 7. The van der Waals surface area contributed by atoms with E-state index in [1.807, 2.05) is 0 Å². The summed E-state index contributed by atoms with van der Waals surface area (Å²) in [5, 5.41) is 8.51. The van der Waals surface area contributed by atoms with Crippen LogP contribution in [0, 0.1) is 0 Å².